The fourth-order valence-electron chi connectivity index (χ4n) is 2.69. The van der Waals surface area contributed by atoms with E-state index in [1.807, 2.05) is 18.2 Å². The Balaban J connectivity index is 1.77. The van der Waals surface area contributed by atoms with E-state index in [4.69, 9.17) is 5.73 Å². The van der Waals surface area contributed by atoms with Gasteiger partial charge in [-0.1, -0.05) is 19.1 Å². The zero-order valence-electron chi connectivity index (χ0n) is 12.1. The molecule has 110 valence electrons. The maximum atomic E-state index is 12.5. The summed E-state index contributed by atoms with van der Waals surface area (Å²) in [5.41, 5.74) is 9.05. The lowest BCUT2D eigenvalue weighted by molar-refractivity contribution is 0.0723. The number of rotatable bonds is 3. The summed E-state index contributed by atoms with van der Waals surface area (Å²) in [6.07, 6.45) is 2.55. The molecule has 0 saturated carbocycles. The lowest BCUT2D eigenvalue weighted by atomic mass is 9.98. The minimum atomic E-state index is -0.123. The summed E-state index contributed by atoms with van der Waals surface area (Å²) in [5, 5.41) is 6.86. The summed E-state index contributed by atoms with van der Waals surface area (Å²) in [5.74, 6) is 0.898. The second-order valence-electron chi connectivity index (χ2n) is 5.32. The molecule has 6 heteroatoms. The lowest BCUT2D eigenvalue weighted by Crippen LogP contribution is -2.36. The number of anilines is 1. The van der Waals surface area contributed by atoms with Gasteiger partial charge in [-0.25, -0.2) is 4.98 Å². The smallest absolute Gasteiger partial charge is 0.293 e. The second kappa shape index (κ2) is 5.55. The Bertz CT molecular complexity index is 664. The van der Waals surface area contributed by atoms with Crippen LogP contribution in [0.5, 0.6) is 0 Å². The molecule has 0 fully saturated rings. The number of benzene rings is 1. The number of aromatic amines is 1. The molecule has 0 saturated heterocycles. The van der Waals surface area contributed by atoms with E-state index in [-0.39, 0.29) is 11.7 Å². The van der Waals surface area contributed by atoms with Crippen LogP contribution in [0.15, 0.2) is 18.2 Å². The average molecular weight is 285 g/mol. The van der Waals surface area contributed by atoms with Crippen molar-refractivity contribution < 1.29 is 4.79 Å². The van der Waals surface area contributed by atoms with E-state index in [0.717, 1.165) is 41.9 Å². The van der Waals surface area contributed by atoms with Gasteiger partial charge in [0.05, 0.1) is 0 Å². The van der Waals surface area contributed by atoms with Crippen molar-refractivity contribution in [3.8, 4) is 0 Å². The Morgan fingerprint density at radius 1 is 1.48 bits per heavy atom. The van der Waals surface area contributed by atoms with Crippen LogP contribution in [-0.4, -0.2) is 32.5 Å². The normalized spacial score (nSPS) is 14.0. The van der Waals surface area contributed by atoms with Gasteiger partial charge in [0.1, 0.15) is 5.82 Å². The van der Waals surface area contributed by atoms with Gasteiger partial charge < -0.3 is 10.6 Å². The Morgan fingerprint density at radius 3 is 3.14 bits per heavy atom. The van der Waals surface area contributed by atoms with Crippen molar-refractivity contribution in [2.45, 2.75) is 32.7 Å². The van der Waals surface area contributed by atoms with Crippen LogP contribution in [0.2, 0.25) is 0 Å². The highest BCUT2D eigenvalue weighted by Crippen LogP contribution is 2.24. The molecule has 1 aromatic heterocycles. The summed E-state index contributed by atoms with van der Waals surface area (Å²) in [7, 11) is 0. The molecule has 0 spiro atoms. The number of nitrogens with one attached hydrogen (secondary N) is 1. The average Bonchev–Trinajstić information content (AvgIpc) is 2.95. The molecular formula is C15H19N5O. The van der Waals surface area contributed by atoms with Crippen molar-refractivity contribution in [3.05, 3.63) is 41.0 Å². The zero-order chi connectivity index (χ0) is 14.8. The molecule has 1 aromatic carbocycles. The van der Waals surface area contributed by atoms with Crippen molar-refractivity contribution in [2.75, 3.05) is 12.3 Å². The van der Waals surface area contributed by atoms with Crippen molar-refractivity contribution in [3.63, 3.8) is 0 Å². The van der Waals surface area contributed by atoms with E-state index in [0.29, 0.717) is 13.1 Å². The molecule has 0 atom stereocenters. The van der Waals surface area contributed by atoms with Gasteiger partial charge in [0.15, 0.2) is 0 Å². The molecule has 2 heterocycles. The molecule has 21 heavy (non-hydrogen) atoms. The van der Waals surface area contributed by atoms with Crippen LogP contribution in [0.3, 0.4) is 0 Å². The summed E-state index contributed by atoms with van der Waals surface area (Å²) < 4.78 is 0. The Hall–Kier alpha value is -2.37. The van der Waals surface area contributed by atoms with Crippen LogP contribution in [0.4, 0.5) is 5.69 Å². The molecule has 0 aliphatic carbocycles. The molecule has 3 N–H and O–H groups in total. The first-order valence-corrected chi connectivity index (χ1v) is 7.26. The van der Waals surface area contributed by atoms with E-state index < -0.39 is 0 Å². The number of carbonyl (C=O) groups excluding carboxylic acids is 1. The number of carbonyl (C=O) groups is 1. The number of hydrogen-bond acceptors (Lipinski definition) is 4. The van der Waals surface area contributed by atoms with Crippen LogP contribution >= 0.6 is 0 Å². The largest absolute Gasteiger partial charge is 0.398 e. The van der Waals surface area contributed by atoms with E-state index in [1.165, 1.54) is 0 Å². The number of nitrogens with two attached hydrogens (primary N) is 1. The summed E-state index contributed by atoms with van der Waals surface area (Å²) in [6, 6.07) is 5.85. The van der Waals surface area contributed by atoms with Gasteiger partial charge in [0.2, 0.25) is 5.82 Å². The predicted molar refractivity (Wildman–Crippen MR) is 79.7 cm³/mol. The standard InChI is InChI=1S/C15H19N5O/c1-2-4-13-17-14(19-18-13)15(21)20-8-7-11-10(9-20)5-3-6-12(11)16/h3,5-6H,2,4,7-9,16H2,1H3,(H,17,18,19). The van der Waals surface area contributed by atoms with E-state index in [9.17, 15) is 4.79 Å². The number of aromatic nitrogens is 3. The molecular weight excluding hydrogens is 266 g/mol. The zero-order valence-corrected chi connectivity index (χ0v) is 12.1. The van der Waals surface area contributed by atoms with Crippen molar-refractivity contribution in [1.29, 1.82) is 0 Å². The van der Waals surface area contributed by atoms with Crippen LogP contribution in [-0.2, 0) is 19.4 Å². The Labute approximate surface area is 123 Å². The number of amides is 1. The molecule has 1 aliphatic heterocycles. The van der Waals surface area contributed by atoms with Gasteiger partial charge in [-0.3, -0.25) is 9.89 Å². The van der Waals surface area contributed by atoms with Crippen LogP contribution < -0.4 is 5.73 Å². The van der Waals surface area contributed by atoms with Gasteiger partial charge in [-0.2, -0.15) is 0 Å². The first-order chi connectivity index (χ1) is 10.2. The SMILES string of the molecule is CCCc1nc(C(=O)N2CCc3c(N)cccc3C2)n[nH]1. The van der Waals surface area contributed by atoms with Crippen LogP contribution in [0.1, 0.15) is 40.9 Å². The molecule has 0 bridgehead atoms. The topological polar surface area (TPSA) is 87.9 Å². The first kappa shape index (κ1) is 13.6. The first-order valence-electron chi connectivity index (χ1n) is 7.26. The molecule has 6 nitrogen and oxygen atoms in total. The van der Waals surface area contributed by atoms with Gasteiger partial charge in [-0.15, -0.1) is 5.10 Å². The summed E-state index contributed by atoms with van der Waals surface area (Å²) in [6.45, 7) is 3.28. The third-order valence-corrected chi connectivity index (χ3v) is 3.80. The van der Waals surface area contributed by atoms with E-state index in [1.54, 1.807) is 4.90 Å². The Morgan fingerprint density at radius 2 is 2.33 bits per heavy atom. The maximum Gasteiger partial charge on any atom is 0.293 e. The number of H-pyrrole nitrogens is 1. The third-order valence-electron chi connectivity index (χ3n) is 3.80. The number of fused-ring (bicyclic) bond motifs is 1. The minimum absolute atomic E-state index is 0.123. The number of hydrogen-bond donors (Lipinski definition) is 2. The van der Waals surface area contributed by atoms with Crippen molar-refractivity contribution in [2.24, 2.45) is 0 Å². The highest BCUT2D eigenvalue weighted by atomic mass is 16.2. The molecule has 1 aliphatic rings. The van der Waals surface area contributed by atoms with Gasteiger partial charge in [0, 0.05) is 25.2 Å². The second-order valence-corrected chi connectivity index (χ2v) is 5.32. The predicted octanol–water partition coefficient (Wildman–Crippen LogP) is 1.54. The van der Waals surface area contributed by atoms with Crippen LogP contribution in [0, 0.1) is 0 Å². The van der Waals surface area contributed by atoms with Crippen molar-refractivity contribution in [1.82, 2.24) is 20.1 Å². The molecule has 0 unspecified atom stereocenters. The monoisotopic (exact) mass is 285 g/mol. The van der Waals surface area contributed by atoms with E-state index in [2.05, 4.69) is 22.1 Å². The van der Waals surface area contributed by atoms with E-state index >= 15 is 0 Å². The fourth-order valence-corrected chi connectivity index (χ4v) is 2.69. The minimum Gasteiger partial charge on any atom is -0.398 e. The van der Waals surface area contributed by atoms with Crippen molar-refractivity contribution >= 4 is 11.6 Å². The van der Waals surface area contributed by atoms with Gasteiger partial charge in [0.25, 0.3) is 5.91 Å². The molecule has 0 radical (unpaired) electrons. The maximum absolute atomic E-state index is 12.5. The number of nitrogens with zero attached hydrogens (tertiary/aromatic N) is 3. The highest BCUT2D eigenvalue weighted by molar-refractivity contribution is 5.90. The fraction of sp³-hybridized carbons (Fsp3) is 0.400. The van der Waals surface area contributed by atoms with Gasteiger partial charge >= 0.3 is 0 Å². The highest BCUT2D eigenvalue weighted by Gasteiger charge is 2.25. The Kier molecular flexibility index (Phi) is 3.60. The third kappa shape index (κ3) is 2.61. The van der Waals surface area contributed by atoms with Crippen LogP contribution in [0.25, 0.3) is 0 Å². The van der Waals surface area contributed by atoms with Gasteiger partial charge in [-0.05, 0) is 30.0 Å². The molecule has 1 amide bonds. The quantitative estimate of drug-likeness (QED) is 0.837. The molecule has 3 rings (SSSR count). The lowest BCUT2D eigenvalue weighted by Gasteiger charge is -2.28. The molecule has 2 aromatic rings. The number of aryl methyl sites for hydroxylation is 1. The number of nitrogen functional groups attached to an aromatic ring is 1. The summed E-state index contributed by atoms with van der Waals surface area (Å²) >= 11 is 0. The summed E-state index contributed by atoms with van der Waals surface area (Å²) in [4.78, 5) is 18.5.